The van der Waals surface area contributed by atoms with Crippen LogP contribution in [0.15, 0.2) is 24.3 Å². The fourth-order valence-corrected chi connectivity index (χ4v) is 3.44. The summed E-state index contributed by atoms with van der Waals surface area (Å²) in [6, 6.07) is 7.10. The number of fused-ring (bicyclic) bond motifs is 1. The molecule has 0 radical (unpaired) electrons. The summed E-state index contributed by atoms with van der Waals surface area (Å²) in [6.07, 6.45) is 0.668. The molecule has 1 aliphatic heterocycles. The minimum absolute atomic E-state index is 0.145. The molecule has 1 fully saturated rings. The molecule has 1 aliphatic rings. The van der Waals surface area contributed by atoms with Crippen molar-refractivity contribution in [3.63, 3.8) is 0 Å². The average Bonchev–Trinajstić information content (AvgIpc) is 2.94. The first-order chi connectivity index (χ1) is 10.0. The second kappa shape index (κ2) is 5.44. The van der Waals surface area contributed by atoms with E-state index < -0.39 is 6.04 Å². The van der Waals surface area contributed by atoms with Gasteiger partial charge in [0.25, 0.3) is 5.91 Å². The van der Waals surface area contributed by atoms with Crippen molar-refractivity contribution in [3.8, 4) is 0 Å². The highest BCUT2D eigenvalue weighted by Gasteiger charge is 2.38. The van der Waals surface area contributed by atoms with Crippen molar-refractivity contribution < 1.29 is 9.59 Å². The Morgan fingerprint density at radius 1 is 1.33 bits per heavy atom. The quantitative estimate of drug-likeness (QED) is 0.883. The van der Waals surface area contributed by atoms with Gasteiger partial charge < -0.3 is 5.32 Å². The molecule has 5 nitrogen and oxygen atoms in total. The van der Waals surface area contributed by atoms with Crippen molar-refractivity contribution in [1.82, 2.24) is 15.2 Å². The highest BCUT2D eigenvalue weighted by atomic mass is 32.1. The van der Waals surface area contributed by atoms with Crippen LogP contribution in [-0.2, 0) is 11.3 Å². The number of nitrogens with one attached hydrogen (secondary N) is 1. The Labute approximate surface area is 127 Å². The Morgan fingerprint density at radius 3 is 2.81 bits per heavy atom. The number of nitrogens with zero attached hydrogens (tertiary/aromatic N) is 2. The first kappa shape index (κ1) is 14.0. The fourth-order valence-electron chi connectivity index (χ4n) is 2.48. The third-order valence-electron chi connectivity index (χ3n) is 3.45. The second-order valence-electron chi connectivity index (χ2n) is 5.63. The van der Waals surface area contributed by atoms with Gasteiger partial charge in [0.1, 0.15) is 11.0 Å². The van der Waals surface area contributed by atoms with E-state index in [2.05, 4.69) is 10.3 Å². The topological polar surface area (TPSA) is 62.3 Å². The predicted molar refractivity (Wildman–Crippen MR) is 81.9 cm³/mol. The van der Waals surface area contributed by atoms with Gasteiger partial charge in [-0.2, -0.15) is 0 Å². The Balaban J connectivity index is 1.77. The largest absolute Gasteiger partial charge is 0.326 e. The number of aromatic nitrogens is 1. The molecule has 1 saturated heterocycles. The molecule has 0 saturated carbocycles. The second-order valence-corrected chi connectivity index (χ2v) is 6.75. The molecular weight excluding hydrogens is 286 g/mol. The van der Waals surface area contributed by atoms with Crippen LogP contribution < -0.4 is 5.32 Å². The zero-order valence-electron chi connectivity index (χ0n) is 12.0. The van der Waals surface area contributed by atoms with Gasteiger partial charge in [-0.3, -0.25) is 9.69 Å². The highest BCUT2D eigenvalue weighted by molar-refractivity contribution is 7.18. The third kappa shape index (κ3) is 2.76. The molecule has 21 heavy (non-hydrogen) atoms. The van der Waals surface area contributed by atoms with Crippen LogP contribution in [0.2, 0.25) is 0 Å². The third-order valence-corrected chi connectivity index (χ3v) is 4.47. The summed E-state index contributed by atoms with van der Waals surface area (Å²) < 4.78 is 1.07. The summed E-state index contributed by atoms with van der Waals surface area (Å²) in [5.41, 5.74) is 0.906. The number of amides is 3. The summed E-state index contributed by atoms with van der Waals surface area (Å²) in [6.45, 7) is 4.32. The maximum absolute atomic E-state index is 12.3. The van der Waals surface area contributed by atoms with Gasteiger partial charge in [0.15, 0.2) is 0 Å². The van der Waals surface area contributed by atoms with E-state index in [4.69, 9.17) is 0 Å². The minimum atomic E-state index is -0.396. The summed E-state index contributed by atoms with van der Waals surface area (Å²) in [4.78, 5) is 30.0. The SMILES string of the molecule is CC(C)CC1NC(=O)N(Cc2nc3ccccc3s2)C1=O. The lowest BCUT2D eigenvalue weighted by Crippen LogP contribution is -2.31. The zero-order valence-corrected chi connectivity index (χ0v) is 12.8. The Bertz CT molecular complexity index is 662. The van der Waals surface area contributed by atoms with Gasteiger partial charge in [-0.1, -0.05) is 26.0 Å². The van der Waals surface area contributed by atoms with Crippen LogP contribution in [0.1, 0.15) is 25.3 Å². The molecule has 1 unspecified atom stereocenters. The van der Waals surface area contributed by atoms with Gasteiger partial charge in [-0.05, 0) is 24.5 Å². The van der Waals surface area contributed by atoms with Gasteiger partial charge >= 0.3 is 6.03 Å². The zero-order chi connectivity index (χ0) is 15.0. The number of thiazole rings is 1. The molecule has 0 aliphatic carbocycles. The summed E-state index contributed by atoms with van der Waals surface area (Å²) in [7, 11) is 0. The van der Waals surface area contributed by atoms with Gasteiger partial charge in [-0.15, -0.1) is 11.3 Å². The lowest BCUT2D eigenvalue weighted by atomic mass is 10.0. The van der Waals surface area contributed by atoms with Crippen LogP contribution in [0.3, 0.4) is 0 Å². The Morgan fingerprint density at radius 2 is 2.10 bits per heavy atom. The highest BCUT2D eigenvalue weighted by Crippen LogP contribution is 2.24. The first-order valence-electron chi connectivity index (χ1n) is 7.01. The van der Waals surface area contributed by atoms with Crippen LogP contribution in [0.5, 0.6) is 0 Å². The summed E-state index contributed by atoms with van der Waals surface area (Å²) in [5.74, 6) is 0.217. The molecule has 1 aromatic carbocycles. The smallest absolute Gasteiger partial charge is 0.325 e. The van der Waals surface area contributed by atoms with Crippen LogP contribution in [0.4, 0.5) is 4.79 Å². The van der Waals surface area contributed by atoms with E-state index in [1.165, 1.54) is 16.2 Å². The van der Waals surface area contributed by atoms with E-state index in [1.807, 2.05) is 38.1 Å². The van der Waals surface area contributed by atoms with Crippen LogP contribution in [0, 0.1) is 5.92 Å². The molecule has 110 valence electrons. The van der Waals surface area contributed by atoms with Crippen molar-refractivity contribution >= 4 is 33.5 Å². The van der Waals surface area contributed by atoms with Crippen molar-refractivity contribution in [2.75, 3.05) is 0 Å². The summed E-state index contributed by atoms with van der Waals surface area (Å²) in [5, 5.41) is 3.54. The van der Waals surface area contributed by atoms with Crippen LogP contribution in [0.25, 0.3) is 10.2 Å². The Kier molecular flexibility index (Phi) is 3.63. The minimum Gasteiger partial charge on any atom is -0.326 e. The number of carbonyl (C=O) groups excluding carboxylic acids is 2. The first-order valence-corrected chi connectivity index (χ1v) is 7.82. The van der Waals surface area contributed by atoms with Gasteiger partial charge in [-0.25, -0.2) is 9.78 Å². The number of imide groups is 1. The lowest BCUT2D eigenvalue weighted by molar-refractivity contribution is -0.128. The van der Waals surface area contributed by atoms with E-state index in [0.717, 1.165) is 15.2 Å². The average molecular weight is 303 g/mol. The van der Waals surface area contributed by atoms with E-state index in [9.17, 15) is 9.59 Å². The molecule has 3 rings (SSSR count). The van der Waals surface area contributed by atoms with E-state index >= 15 is 0 Å². The number of carbonyl (C=O) groups is 2. The number of benzene rings is 1. The monoisotopic (exact) mass is 303 g/mol. The maximum Gasteiger partial charge on any atom is 0.325 e. The molecule has 2 heterocycles. The van der Waals surface area contributed by atoms with Crippen molar-refractivity contribution in [2.24, 2.45) is 5.92 Å². The maximum atomic E-state index is 12.3. The van der Waals surface area contributed by atoms with Crippen molar-refractivity contribution in [3.05, 3.63) is 29.3 Å². The standard InChI is InChI=1S/C15H17N3O2S/c1-9(2)7-11-14(19)18(15(20)17-11)8-13-16-10-5-3-4-6-12(10)21-13/h3-6,9,11H,7-8H2,1-2H3,(H,17,20). The van der Waals surface area contributed by atoms with Gasteiger partial charge in [0.2, 0.25) is 0 Å². The molecule has 0 spiro atoms. The molecule has 0 bridgehead atoms. The van der Waals surface area contributed by atoms with E-state index in [1.54, 1.807) is 0 Å². The number of para-hydroxylation sites is 1. The molecular formula is C15H17N3O2S. The van der Waals surface area contributed by atoms with Crippen LogP contribution in [-0.4, -0.2) is 27.9 Å². The number of urea groups is 1. The van der Waals surface area contributed by atoms with Crippen molar-refractivity contribution in [1.29, 1.82) is 0 Å². The molecule has 1 N–H and O–H groups in total. The molecule has 2 aromatic rings. The molecule has 1 atom stereocenters. The predicted octanol–water partition coefficient (Wildman–Crippen LogP) is 2.76. The van der Waals surface area contributed by atoms with Gasteiger partial charge in [0, 0.05) is 0 Å². The van der Waals surface area contributed by atoms with Crippen molar-refractivity contribution in [2.45, 2.75) is 32.9 Å². The van der Waals surface area contributed by atoms with E-state index in [-0.39, 0.29) is 18.5 Å². The fraction of sp³-hybridized carbons (Fsp3) is 0.400. The number of hydrogen-bond donors (Lipinski definition) is 1. The molecule has 1 aromatic heterocycles. The normalized spacial score (nSPS) is 18.8. The number of hydrogen-bond acceptors (Lipinski definition) is 4. The summed E-state index contributed by atoms with van der Waals surface area (Å²) >= 11 is 1.52. The molecule has 3 amide bonds. The number of rotatable bonds is 4. The van der Waals surface area contributed by atoms with E-state index in [0.29, 0.717) is 12.3 Å². The van der Waals surface area contributed by atoms with Gasteiger partial charge in [0.05, 0.1) is 16.8 Å². The molecule has 6 heteroatoms. The van der Waals surface area contributed by atoms with Crippen LogP contribution >= 0.6 is 11.3 Å². The lowest BCUT2D eigenvalue weighted by Gasteiger charge is -2.12. The Hall–Kier alpha value is -1.95.